The van der Waals surface area contributed by atoms with E-state index in [0.29, 0.717) is 16.6 Å². The molecule has 0 bridgehead atoms. The first kappa shape index (κ1) is 15.5. The Morgan fingerprint density at radius 3 is 2.20 bits per heavy atom. The molecule has 0 saturated carbocycles. The van der Waals surface area contributed by atoms with E-state index in [0.717, 1.165) is 10.0 Å². The van der Waals surface area contributed by atoms with Gasteiger partial charge in [-0.15, -0.1) is 0 Å². The van der Waals surface area contributed by atoms with Gasteiger partial charge in [0.15, 0.2) is 5.82 Å². The standard InChI is InChI=1S/C19H13FN2O2S/c20-15-10-4-7-13-18(15)25(23,24)22-17-12-6-5-11-16(17)21-19(22)14-8-2-1-3-9-14/h1-13H. The van der Waals surface area contributed by atoms with Gasteiger partial charge in [0.25, 0.3) is 10.0 Å². The van der Waals surface area contributed by atoms with Crippen LogP contribution in [0.3, 0.4) is 0 Å². The first-order chi connectivity index (χ1) is 12.1. The molecular formula is C19H13FN2O2S. The first-order valence-corrected chi connectivity index (χ1v) is 9.06. The second kappa shape index (κ2) is 5.82. The number of imidazole rings is 1. The molecule has 0 aliphatic rings. The molecule has 0 spiro atoms. The average Bonchev–Trinajstić information content (AvgIpc) is 3.03. The van der Waals surface area contributed by atoms with E-state index in [2.05, 4.69) is 4.98 Å². The molecule has 1 aromatic heterocycles. The van der Waals surface area contributed by atoms with Crippen LogP contribution >= 0.6 is 0 Å². The Morgan fingerprint density at radius 1 is 0.800 bits per heavy atom. The summed E-state index contributed by atoms with van der Waals surface area (Å²) in [5.41, 5.74) is 1.57. The van der Waals surface area contributed by atoms with E-state index in [9.17, 15) is 12.8 Å². The fourth-order valence-corrected chi connectivity index (χ4v) is 4.32. The van der Waals surface area contributed by atoms with Crippen LogP contribution in [0.4, 0.5) is 4.39 Å². The number of nitrogens with zero attached hydrogens (tertiary/aromatic N) is 2. The quantitative estimate of drug-likeness (QED) is 0.558. The minimum absolute atomic E-state index is 0.255. The maximum atomic E-state index is 14.2. The Balaban J connectivity index is 2.09. The average molecular weight is 352 g/mol. The molecular weight excluding hydrogens is 339 g/mol. The zero-order valence-electron chi connectivity index (χ0n) is 13.0. The molecule has 6 heteroatoms. The molecule has 4 nitrogen and oxygen atoms in total. The molecule has 0 N–H and O–H groups in total. The topological polar surface area (TPSA) is 52.0 Å². The minimum Gasteiger partial charge on any atom is -0.227 e. The molecule has 3 aromatic carbocycles. The van der Waals surface area contributed by atoms with Crippen LogP contribution in [0.1, 0.15) is 0 Å². The summed E-state index contributed by atoms with van der Waals surface area (Å²) in [5.74, 6) is -0.538. The molecule has 0 amide bonds. The largest absolute Gasteiger partial charge is 0.272 e. The monoisotopic (exact) mass is 352 g/mol. The SMILES string of the molecule is O=S(=O)(c1ccccc1F)n1c(-c2ccccc2)nc2ccccc21. The van der Waals surface area contributed by atoms with Crippen LogP contribution in [0, 0.1) is 5.82 Å². The van der Waals surface area contributed by atoms with Crippen LogP contribution in [0.2, 0.25) is 0 Å². The van der Waals surface area contributed by atoms with E-state index in [1.165, 1.54) is 18.2 Å². The van der Waals surface area contributed by atoms with Gasteiger partial charge in [0, 0.05) is 5.56 Å². The third-order valence-corrected chi connectivity index (χ3v) is 5.64. The lowest BCUT2D eigenvalue weighted by Crippen LogP contribution is -2.15. The van der Waals surface area contributed by atoms with Crippen molar-refractivity contribution in [2.45, 2.75) is 4.90 Å². The third-order valence-electron chi connectivity index (χ3n) is 3.91. The summed E-state index contributed by atoms with van der Waals surface area (Å²) in [4.78, 5) is 4.09. The lowest BCUT2D eigenvalue weighted by molar-refractivity contribution is 0.562. The predicted octanol–water partition coefficient (Wildman–Crippen LogP) is 4.08. The number of hydrogen-bond donors (Lipinski definition) is 0. The summed E-state index contributed by atoms with van der Waals surface area (Å²) in [6.45, 7) is 0. The van der Waals surface area contributed by atoms with Crippen LogP contribution in [0.15, 0.2) is 83.8 Å². The fourth-order valence-electron chi connectivity index (χ4n) is 2.77. The summed E-state index contributed by atoms with van der Waals surface area (Å²) < 4.78 is 41.7. The van der Waals surface area contributed by atoms with Crippen LogP contribution < -0.4 is 0 Å². The highest BCUT2D eigenvalue weighted by Crippen LogP contribution is 2.30. The van der Waals surface area contributed by atoms with Gasteiger partial charge in [-0.3, -0.25) is 0 Å². The van der Waals surface area contributed by atoms with E-state index in [-0.39, 0.29) is 10.7 Å². The van der Waals surface area contributed by atoms with Gasteiger partial charge in [0.1, 0.15) is 10.7 Å². The smallest absolute Gasteiger partial charge is 0.227 e. The Labute approximate surface area is 144 Å². The molecule has 0 aliphatic heterocycles. The Bertz CT molecular complexity index is 1170. The maximum Gasteiger partial charge on any atom is 0.272 e. The molecule has 25 heavy (non-hydrogen) atoms. The Hall–Kier alpha value is -2.99. The number of rotatable bonds is 3. The van der Waals surface area contributed by atoms with E-state index < -0.39 is 15.8 Å². The van der Waals surface area contributed by atoms with Gasteiger partial charge in [-0.2, -0.15) is 0 Å². The lowest BCUT2D eigenvalue weighted by atomic mass is 10.2. The van der Waals surface area contributed by atoms with Crippen LogP contribution in [-0.4, -0.2) is 17.4 Å². The number of benzene rings is 3. The molecule has 4 aromatic rings. The molecule has 0 aliphatic carbocycles. The second-order valence-electron chi connectivity index (χ2n) is 5.49. The highest BCUT2D eigenvalue weighted by molar-refractivity contribution is 7.90. The van der Waals surface area contributed by atoms with Gasteiger partial charge < -0.3 is 0 Å². The minimum atomic E-state index is -4.15. The van der Waals surface area contributed by atoms with Crippen molar-refractivity contribution in [3.05, 3.63) is 84.7 Å². The van der Waals surface area contributed by atoms with Crippen molar-refractivity contribution >= 4 is 21.1 Å². The zero-order valence-corrected chi connectivity index (χ0v) is 13.8. The Kier molecular flexibility index (Phi) is 3.62. The molecule has 0 fully saturated rings. The van der Waals surface area contributed by atoms with Gasteiger partial charge >= 0.3 is 0 Å². The number of hydrogen-bond acceptors (Lipinski definition) is 3. The third kappa shape index (κ3) is 2.51. The number of aromatic nitrogens is 2. The molecule has 1 heterocycles. The summed E-state index contributed by atoms with van der Waals surface area (Å²) in [5, 5.41) is 0. The summed E-state index contributed by atoms with van der Waals surface area (Å²) in [7, 11) is -4.15. The van der Waals surface area contributed by atoms with Crippen molar-refractivity contribution in [2.24, 2.45) is 0 Å². The van der Waals surface area contributed by atoms with Crippen molar-refractivity contribution in [1.29, 1.82) is 0 Å². The number of para-hydroxylation sites is 2. The van der Waals surface area contributed by atoms with Crippen molar-refractivity contribution in [3.8, 4) is 11.4 Å². The first-order valence-electron chi connectivity index (χ1n) is 7.62. The predicted molar refractivity (Wildman–Crippen MR) is 94.2 cm³/mol. The zero-order chi connectivity index (χ0) is 17.4. The van der Waals surface area contributed by atoms with Crippen molar-refractivity contribution in [2.75, 3.05) is 0 Å². The van der Waals surface area contributed by atoms with E-state index in [1.807, 2.05) is 6.07 Å². The van der Waals surface area contributed by atoms with Gasteiger partial charge in [-0.25, -0.2) is 21.8 Å². The van der Waals surface area contributed by atoms with Gasteiger partial charge in [0.2, 0.25) is 0 Å². The van der Waals surface area contributed by atoms with Crippen molar-refractivity contribution in [3.63, 3.8) is 0 Å². The highest BCUT2D eigenvalue weighted by atomic mass is 32.2. The summed E-state index contributed by atoms with van der Waals surface area (Å²) in [6, 6.07) is 21.2. The van der Waals surface area contributed by atoms with Crippen molar-refractivity contribution < 1.29 is 12.8 Å². The lowest BCUT2D eigenvalue weighted by Gasteiger charge is -2.11. The van der Waals surface area contributed by atoms with Gasteiger partial charge in [-0.1, -0.05) is 54.6 Å². The molecule has 0 unspecified atom stereocenters. The van der Waals surface area contributed by atoms with E-state index in [1.54, 1.807) is 48.5 Å². The van der Waals surface area contributed by atoms with Crippen LogP contribution in [0.5, 0.6) is 0 Å². The molecule has 0 radical (unpaired) electrons. The van der Waals surface area contributed by atoms with E-state index in [4.69, 9.17) is 0 Å². The number of fused-ring (bicyclic) bond motifs is 1. The van der Waals surface area contributed by atoms with Crippen molar-refractivity contribution in [1.82, 2.24) is 8.96 Å². The maximum absolute atomic E-state index is 14.2. The number of halogens is 1. The van der Waals surface area contributed by atoms with Crippen LogP contribution in [-0.2, 0) is 10.0 Å². The molecule has 0 atom stereocenters. The second-order valence-corrected chi connectivity index (χ2v) is 7.25. The van der Waals surface area contributed by atoms with Gasteiger partial charge in [0.05, 0.1) is 11.0 Å². The summed E-state index contributed by atoms with van der Waals surface area (Å²) in [6.07, 6.45) is 0. The fraction of sp³-hybridized carbons (Fsp3) is 0. The molecule has 4 rings (SSSR count). The molecule has 124 valence electrons. The normalized spacial score (nSPS) is 11.7. The Morgan fingerprint density at radius 2 is 1.44 bits per heavy atom. The van der Waals surface area contributed by atoms with E-state index >= 15 is 0 Å². The van der Waals surface area contributed by atoms with Crippen LogP contribution in [0.25, 0.3) is 22.4 Å². The summed E-state index contributed by atoms with van der Waals surface area (Å²) >= 11 is 0. The van der Waals surface area contributed by atoms with Gasteiger partial charge in [-0.05, 0) is 24.3 Å². The highest BCUT2D eigenvalue weighted by Gasteiger charge is 2.27. The molecule has 0 saturated heterocycles.